The summed E-state index contributed by atoms with van der Waals surface area (Å²) in [6.07, 6.45) is 0.180. The smallest absolute Gasteiger partial charge is 0.303 e. The molecule has 1 rings (SSSR count). The van der Waals surface area contributed by atoms with Gasteiger partial charge in [0.2, 0.25) is 5.91 Å². The van der Waals surface area contributed by atoms with E-state index in [1.54, 1.807) is 0 Å². The summed E-state index contributed by atoms with van der Waals surface area (Å²) in [4.78, 5) is 46.5. The lowest BCUT2D eigenvalue weighted by atomic mass is 9.97. The number of hydrogen-bond donors (Lipinski definition) is 1. The average Bonchev–Trinajstić information content (AvgIpc) is 2.60. The fourth-order valence-electron chi connectivity index (χ4n) is 2.98. The predicted octanol–water partition coefficient (Wildman–Crippen LogP) is 1.57. The van der Waals surface area contributed by atoms with Gasteiger partial charge in [-0.2, -0.15) is 0 Å². The van der Waals surface area contributed by atoms with Gasteiger partial charge in [0, 0.05) is 27.7 Å². The largest absolute Gasteiger partial charge is 0.463 e. The van der Waals surface area contributed by atoms with Crippen molar-refractivity contribution >= 4 is 35.6 Å². The van der Waals surface area contributed by atoms with Crippen LogP contribution in [0.1, 0.15) is 53.9 Å². The van der Waals surface area contributed by atoms with Gasteiger partial charge in [-0.25, -0.2) is 0 Å². The van der Waals surface area contributed by atoms with Crippen LogP contribution in [-0.4, -0.2) is 66.0 Å². The van der Waals surface area contributed by atoms with Gasteiger partial charge in [0.25, 0.3) is 0 Å². The van der Waals surface area contributed by atoms with Crippen LogP contribution in [0, 0.1) is 0 Å². The third kappa shape index (κ3) is 9.03. The van der Waals surface area contributed by atoms with Crippen molar-refractivity contribution in [1.29, 1.82) is 0 Å². The molecule has 9 nitrogen and oxygen atoms in total. The van der Waals surface area contributed by atoms with E-state index in [0.717, 1.165) is 25.0 Å². The van der Waals surface area contributed by atoms with E-state index in [1.807, 2.05) is 0 Å². The molecule has 1 saturated heterocycles. The molecule has 0 saturated carbocycles. The first kappa shape index (κ1) is 25.2. The highest BCUT2D eigenvalue weighted by Crippen LogP contribution is 2.33. The van der Waals surface area contributed by atoms with Gasteiger partial charge in [0.15, 0.2) is 12.2 Å². The molecule has 0 aromatic rings. The van der Waals surface area contributed by atoms with Crippen molar-refractivity contribution in [2.75, 3.05) is 12.4 Å². The van der Waals surface area contributed by atoms with Crippen molar-refractivity contribution in [2.24, 2.45) is 0 Å². The molecule has 10 heteroatoms. The van der Waals surface area contributed by atoms with Crippen LogP contribution in [0.3, 0.4) is 0 Å². The molecule has 166 valence electrons. The number of rotatable bonds is 10. The summed E-state index contributed by atoms with van der Waals surface area (Å²) in [6.45, 7) is 6.96. The fraction of sp³-hybridized carbons (Fsp3) is 0.789. The summed E-state index contributed by atoms with van der Waals surface area (Å²) in [6, 6.07) is -0.735. The van der Waals surface area contributed by atoms with Gasteiger partial charge in [0.1, 0.15) is 24.2 Å². The molecule has 0 aliphatic carbocycles. The summed E-state index contributed by atoms with van der Waals surface area (Å²) >= 11 is 1.47. The lowest BCUT2D eigenvalue weighted by Gasteiger charge is -2.45. The highest BCUT2D eigenvalue weighted by molar-refractivity contribution is 7.99. The van der Waals surface area contributed by atoms with Crippen molar-refractivity contribution in [1.82, 2.24) is 5.32 Å². The second-order valence-electron chi connectivity index (χ2n) is 6.80. The van der Waals surface area contributed by atoms with E-state index in [1.165, 1.54) is 39.5 Å². The molecule has 1 aliphatic rings. The third-order valence-corrected chi connectivity index (χ3v) is 5.36. The lowest BCUT2D eigenvalue weighted by molar-refractivity contribution is -0.211. The first-order valence-electron chi connectivity index (χ1n) is 9.67. The van der Waals surface area contributed by atoms with Crippen molar-refractivity contribution < 1.29 is 38.1 Å². The van der Waals surface area contributed by atoms with Gasteiger partial charge >= 0.3 is 17.9 Å². The maximum Gasteiger partial charge on any atom is 0.303 e. The summed E-state index contributed by atoms with van der Waals surface area (Å²) in [7, 11) is 0. The van der Waals surface area contributed by atoms with E-state index in [2.05, 4.69) is 12.2 Å². The second-order valence-corrected chi connectivity index (χ2v) is 8.00. The molecule has 1 fully saturated rings. The van der Waals surface area contributed by atoms with Gasteiger partial charge in [-0.05, 0) is 12.2 Å². The molecule has 0 spiro atoms. The number of ether oxygens (including phenoxy) is 4. The van der Waals surface area contributed by atoms with Crippen LogP contribution in [-0.2, 0) is 38.1 Å². The van der Waals surface area contributed by atoms with Crippen molar-refractivity contribution in [3.8, 4) is 0 Å². The Labute approximate surface area is 175 Å². The molecule has 29 heavy (non-hydrogen) atoms. The SMILES string of the molecule is CCCCCS[C@@H]1O[C@H](COC(C)=O)[C@@H](OC(C)=O)[C@H](OC(C)=O)[C@H]1NC(C)=O. The van der Waals surface area contributed by atoms with Crippen molar-refractivity contribution in [3.63, 3.8) is 0 Å². The minimum atomic E-state index is -1.04. The quantitative estimate of drug-likeness (QED) is 0.311. The van der Waals surface area contributed by atoms with Gasteiger partial charge in [-0.15, -0.1) is 11.8 Å². The molecule has 0 radical (unpaired) electrons. The molecule has 0 unspecified atom stereocenters. The highest BCUT2D eigenvalue weighted by atomic mass is 32.2. The number of thioether (sulfide) groups is 1. The third-order valence-electron chi connectivity index (χ3n) is 4.10. The van der Waals surface area contributed by atoms with Crippen molar-refractivity contribution in [2.45, 2.75) is 83.7 Å². The summed E-state index contributed by atoms with van der Waals surface area (Å²) < 4.78 is 21.9. The van der Waals surface area contributed by atoms with E-state index in [4.69, 9.17) is 18.9 Å². The van der Waals surface area contributed by atoms with Gasteiger partial charge in [0.05, 0.1) is 0 Å². The van der Waals surface area contributed by atoms with Gasteiger partial charge < -0.3 is 24.3 Å². The topological polar surface area (TPSA) is 117 Å². The maximum absolute atomic E-state index is 11.8. The number of hydrogen-bond acceptors (Lipinski definition) is 9. The first-order valence-corrected chi connectivity index (χ1v) is 10.7. The van der Waals surface area contributed by atoms with E-state index in [-0.39, 0.29) is 12.5 Å². The van der Waals surface area contributed by atoms with E-state index in [9.17, 15) is 19.2 Å². The Bertz CT molecular complexity index is 585. The molecule has 0 bridgehead atoms. The number of carbonyl (C=O) groups is 4. The molecule has 0 aromatic heterocycles. The zero-order chi connectivity index (χ0) is 22.0. The minimum Gasteiger partial charge on any atom is -0.463 e. The molecule has 1 heterocycles. The summed E-state index contributed by atoms with van der Waals surface area (Å²) in [5.74, 6) is -1.30. The second kappa shape index (κ2) is 12.7. The van der Waals surface area contributed by atoms with Crippen LogP contribution >= 0.6 is 11.8 Å². The lowest BCUT2D eigenvalue weighted by Crippen LogP contribution is -2.65. The Morgan fingerprint density at radius 3 is 2.07 bits per heavy atom. The van der Waals surface area contributed by atoms with Gasteiger partial charge in [-0.3, -0.25) is 19.2 Å². The van der Waals surface area contributed by atoms with Crippen LogP contribution in [0.4, 0.5) is 0 Å². The molecular weight excluding hydrogens is 402 g/mol. The number of esters is 3. The number of unbranched alkanes of at least 4 members (excludes halogenated alkanes) is 2. The Morgan fingerprint density at radius 1 is 0.931 bits per heavy atom. The van der Waals surface area contributed by atoms with Crippen LogP contribution in [0.15, 0.2) is 0 Å². The zero-order valence-electron chi connectivity index (χ0n) is 17.6. The predicted molar refractivity (Wildman–Crippen MR) is 106 cm³/mol. The number of amides is 1. The Kier molecular flexibility index (Phi) is 11.0. The molecule has 0 aromatic carbocycles. The fourth-order valence-corrected chi connectivity index (χ4v) is 4.24. The number of nitrogens with one attached hydrogen (secondary N) is 1. The van der Waals surface area contributed by atoms with Crippen LogP contribution < -0.4 is 5.32 Å². The molecule has 1 aliphatic heterocycles. The molecular formula is C19H31NO8S. The Hall–Kier alpha value is -1.81. The summed E-state index contributed by atoms with van der Waals surface area (Å²) in [5, 5.41) is 2.76. The van der Waals surface area contributed by atoms with Crippen LogP contribution in [0.25, 0.3) is 0 Å². The standard InChI is InChI=1S/C19H31NO8S/c1-6-7-8-9-29-19-16(20-11(2)21)18(27-14(5)24)17(26-13(4)23)15(28-19)10-25-12(3)22/h15-19H,6-10H2,1-5H3,(H,20,21)/t15-,16-,17-,18-,19+/m1/s1. The van der Waals surface area contributed by atoms with E-state index >= 15 is 0 Å². The van der Waals surface area contributed by atoms with E-state index < -0.39 is 47.7 Å². The molecule has 1 amide bonds. The first-order chi connectivity index (χ1) is 13.6. The Morgan fingerprint density at radius 2 is 1.55 bits per heavy atom. The van der Waals surface area contributed by atoms with E-state index in [0.29, 0.717) is 0 Å². The Balaban J connectivity index is 3.17. The van der Waals surface area contributed by atoms with Crippen LogP contribution in [0.2, 0.25) is 0 Å². The normalized spacial score (nSPS) is 26.3. The van der Waals surface area contributed by atoms with Gasteiger partial charge in [-0.1, -0.05) is 19.8 Å². The summed E-state index contributed by atoms with van der Waals surface area (Å²) in [5.41, 5.74) is -0.576. The number of carbonyl (C=O) groups excluding carboxylic acids is 4. The molecule has 5 atom stereocenters. The highest BCUT2D eigenvalue weighted by Gasteiger charge is 2.50. The van der Waals surface area contributed by atoms with Crippen molar-refractivity contribution in [3.05, 3.63) is 0 Å². The maximum atomic E-state index is 11.8. The monoisotopic (exact) mass is 433 g/mol. The minimum absolute atomic E-state index is 0.177. The zero-order valence-corrected chi connectivity index (χ0v) is 18.4. The van der Waals surface area contributed by atoms with Crippen LogP contribution in [0.5, 0.6) is 0 Å². The average molecular weight is 434 g/mol. The molecule has 1 N–H and O–H groups in total.